The molecule has 0 spiro atoms. The Labute approximate surface area is 144 Å². The maximum Gasteiger partial charge on any atom is 0.281 e. The van der Waals surface area contributed by atoms with E-state index in [9.17, 15) is 9.18 Å². The summed E-state index contributed by atoms with van der Waals surface area (Å²) < 4.78 is 16.1. The van der Waals surface area contributed by atoms with E-state index >= 15 is 0 Å². The summed E-state index contributed by atoms with van der Waals surface area (Å²) in [6.07, 6.45) is 4.97. The van der Waals surface area contributed by atoms with Gasteiger partial charge < -0.3 is 9.88 Å². The first kappa shape index (κ1) is 15.8. The highest BCUT2D eigenvalue weighted by molar-refractivity contribution is 9.11. The molecule has 0 saturated carbocycles. The minimum atomic E-state index is -0.569. The van der Waals surface area contributed by atoms with Crippen molar-refractivity contribution in [3.8, 4) is 0 Å². The molecule has 0 radical (unpaired) electrons. The van der Waals surface area contributed by atoms with Crippen molar-refractivity contribution in [3.63, 3.8) is 0 Å². The second-order valence-corrected chi connectivity index (χ2v) is 7.24. The molecule has 2 heterocycles. The van der Waals surface area contributed by atoms with Gasteiger partial charge in [-0.15, -0.1) is 11.3 Å². The van der Waals surface area contributed by atoms with Gasteiger partial charge >= 0.3 is 0 Å². The summed E-state index contributed by atoms with van der Waals surface area (Å²) in [7, 11) is 1.82. The van der Waals surface area contributed by atoms with Gasteiger partial charge in [0.2, 0.25) is 0 Å². The van der Waals surface area contributed by atoms with E-state index in [1.807, 2.05) is 7.05 Å². The molecule has 0 bridgehead atoms. The van der Waals surface area contributed by atoms with Crippen molar-refractivity contribution in [2.24, 2.45) is 7.05 Å². The van der Waals surface area contributed by atoms with Crippen LogP contribution in [0.15, 0.2) is 46.6 Å². The summed E-state index contributed by atoms with van der Waals surface area (Å²) >= 11 is 4.51. The highest BCUT2D eigenvalue weighted by Gasteiger charge is 2.23. The van der Waals surface area contributed by atoms with Crippen LogP contribution in [-0.2, 0) is 7.05 Å². The Morgan fingerprint density at radius 1 is 1.43 bits per heavy atom. The third-order valence-corrected chi connectivity index (χ3v) is 4.72. The van der Waals surface area contributed by atoms with Gasteiger partial charge in [-0.3, -0.25) is 4.79 Å². The molecule has 0 aliphatic rings. The molecular formula is C15H12BrFN4OS. The number of carbonyl (C=O) groups is 1. The summed E-state index contributed by atoms with van der Waals surface area (Å²) in [6.45, 7) is 0. The van der Waals surface area contributed by atoms with Crippen LogP contribution >= 0.6 is 27.3 Å². The topological polar surface area (TPSA) is 59.8 Å². The van der Waals surface area contributed by atoms with E-state index < -0.39 is 6.04 Å². The quantitative estimate of drug-likeness (QED) is 0.738. The number of benzene rings is 1. The Morgan fingerprint density at radius 2 is 2.26 bits per heavy atom. The number of thiazole rings is 1. The van der Waals surface area contributed by atoms with Crippen LogP contribution in [0.25, 0.3) is 0 Å². The average molecular weight is 395 g/mol. The first-order valence-corrected chi connectivity index (χ1v) is 8.30. The van der Waals surface area contributed by atoms with Crippen molar-refractivity contribution < 1.29 is 9.18 Å². The molecule has 2 aromatic heterocycles. The molecule has 1 aromatic carbocycles. The van der Waals surface area contributed by atoms with E-state index in [0.717, 1.165) is 3.79 Å². The normalized spacial score (nSPS) is 12.1. The minimum Gasteiger partial charge on any atom is -0.336 e. The van der Waals surface area contributed by atoms with Crippen LogP contribution in [0.3, 0.4) is 0 Å². The van der Waals surface area contributed by atoms with Gasteiger partial charge in [0.05, 0.1) is 9.98 Å². The van der Waals surface area contributed by atoms with Crippen molar-refractivity contribution in [2.75, 3.05) is 0 Å². The Balaban J connectivity index is 1.96. The maximum absolute atomic E-state index is 13.6. The predicted octanol–water partition coefficient (Wildman–Crippen LogP) is 3.30. The highest BCUT2D eigenvalue weighted by atomic mass is 79.9. The largest absolute Gasteiger partial charge is 0.336 e. The van der Waals surface area contributed by atoms with E-state index in [1.54, 1.807) is 35.3 Å². The smallest absolute Gasteiger partial charge is 0.281 e. The van der Waals surface area contributed by atoms with Gasteiger partial charge in [-0.1, -0.05) is 12.1 Å². The van der Waals surface area contributed by atoms with Crippen LogP contribution in [0.2, 0.25) is 0 Å². The van der Waals surface area contributed by atoms with Crippen molar-refractivity contribution in [1.29, 1.82) is 0 Å². The number of hydrogen-bond donors (Lipinski definition) is 1. The number of halogens is 2. The summed E-state index contributed by atoms with van der Waals surface area (Å²) in [5.41, 5.74) is 0.614. The van der Waals surface area contributed by atoms with Crippen LogP contribution in [0.1, 0.15) is 27.2 Å². The number of carbonyl (C=O) groups excluding carboxylic acids is 1. The Morgan fingerprint density at radius 3 is 2.87 bits per heavy atom. The maximum atomic E-state index is 13.6. The molecule has 23 heavy (non-hydrogen) atoms. The molecule has 0 aliphatic carbocycles. The first-order valence-electron chi connectivity index (χ1n) is 6.69. The molecule has 118 valence electrons. The van der Waals surface area contributed by atoms with Gasteiger partial charge in [0.15, 0.2) is 5.01 Å². The number of nitrogens with zero attached hydrogens (tertiary/aromatic N) is 3. The van der Waals surface area contributed by atoms with E-state index in [0.29, 0.717) is 16.4 Å². The monoisotopic (exact) mass is 394 g/mol. The summed E-state index contributed by atoms with van der Waals surface area (Å²) in [4.78, 5) is 20.7. The number of aryl methyl sites for hydroxylation is 1. The molecule has 3 rings (SSSR count). The number of aromatic nitrogens is 3. The van der Waals surface area contributed by atoms with Gasteiger partial charge in [-0.2, -0.15) is 0 Å². The molecule has 0 aliphatic heterocycles. The molecule has 1 amide bonds. The van der Waals surface area contributed by atoms with E-state index in [4.69, 9.17) is 0 Å². The number of imidazole rings is 1. The lowest BCUT2D eigenvalue weighted by Gasteiger charge is -2.18. The molecule has 1 atom stereocenters. The number of amides is 1. The van der Waals surface area contributed by atoms with E-state index in [2.05, 4.69) is 31.2 Å². The van der Waals surface area contributed by atoms with Crippen molar-refractivity contribution >= 4 is 33.2 Å². The number of nitrogens with one attached hydrogen (secondary N) is 1. The van der Waals surface area contributed by atoms with Crippen molar-refractivity contribution in [2.45, 2.75) is 6.04 Å². The fourth-order valence-corrected chi connectivity index (χ4v) is 3.30. The molecular weight excluding hydrogens is 383 g/mol. The van der Waals surface area contributed by atoms with Crippen LogP contribution in [0, 0.1) is 5.82 Å². The lowest BCUT2D eigenvalue weighted by atomic mass is 10.1. The van der Waals surface area contributed by atoms with Gasteiger partial charge in [0.1, 0.15) is 17.7 Å². The zero-order valence-corrected chi connectivity index (χ0v) is 14.4. The average Bonchev–Trinajstić information content (AvgIpc) is 3.13. The third-order valence-electron chi connectivity index (χ3n) is 3.25. The summed E-state index contributed by atoms with van der Waals surface area (Å²) in [5, 5.41) is 3.20. The Bertz CT molecular complexity index is 847. The fraction of sp³-hybridized carbons (Fsp3) is 0.133. The number of rotatable bonds is 4. The molecule has 5 nitrogen and oxygen atoms in total. The molecule has 3 aromatic rings. The van der Waals surface area contributed by atoms with Crippen LogP contribution in [0.4, 0.5) is 4.39 Å². The molecule has 8 heteroatoms. The van der Waals surface area contributed by atoms with E-state index in [1.165, 1.54) is 23.5 Å². The number of hydrogen-bond acceptors (Lipinski definition) is 4. The molecule has 0 saturated heterocycles. The van der Waals surface area contributed by atoms with Gasteiger partial charge in [-0.25, -0.2) is 14.4 Å². The Kier molecular flexibility index (Phi) is 4.53. The lowest BCUT2D eigenvalue weighted by molar-refractivity contribution is 0.0940. The molecule has 0 fully saturated rings. The van der Waals surface area contributed by atoms with Gasteiger partial charge in [-0.05, 0) is 33.6 Å². The van der Waals surface area contributed by atoms with Gasteiger partial charge in [0, 0.05) is 19.4 Å². The van der Waals surface area contributed by atoms with E-state index in [-0.39, 0.29) is 11.7 Å². The molecule has 1 unspecified atom stereocenters. The second kappa shape index (κ2) is 6.59. The summed E-state index contributed by atoms with van der Waals surface area (Å²) in [6, 6.07) is 5.53. The van der Waals surface area contributed by atoms with Crippen LogP contribution in [-0.4, -0.2) is 20.4 Å². The zero-order chi connectivity index (χ0) is 16.4. The van der Waals surface area contributed by atoms with Crippen LogP contribution < -0.4 is 5.32 Å². The van der Waals surface area contributed by atoms with Crippen molar-refractivity contribution in [3.05, 3.63) is 68.9 Å². The standard InChI is InChI=1S/C15H12BrFN4OS/c1-21-6-5-18-13(21)12(9-3-2-4-10(17)7-9)20-14(22)15-19-8-11(16)23-15/h2-8,12H,1H3,(H,20,22). The SMILES string of the molecule is Cn1ccnc1C(NC(=O)c1ncc(Br)s1)c1cccc(F)c1. The van der Waals surface area contributed by atoms with Crippen molar-refractivity contribution in [1.82, 2.24) is 19.9 Å². The first-order chi connectivity index (χ1) is 11.0. The Hall–Kier alpha value is -2.06. The summed E-state index contributed by atoms with van der Waals surface area (Å²) in [5.74, 6) is -0.0921. The fourth-order valence-electron chi connectivity index (χ4n) is 2.19. The second-order valence-electron chi connectivity index (χ2n) is 4.83. The molecule has 1 N–H and O–H groups in total. The van der Waals surface area contributed by atoms with Crippen LogP contribution in [0.5, 0.6) is 0 Å². The predicted molar refractivity (Wildman–Crippen MR) is 88.7 cm³/mol. The minimum absolute atomic E-state index is 0.326. The van der Waals surface area contributed by atoms with Gasteiger partial charge in [0.25, 0.3) is 5.91 Å². The highest BCUT2D eigenvalue weighted by Crippen LogP contribution is 2.24. The zero-order valence-electron chi connectivity index (χ0n) is 12.0. The third kappa shape index (κ3) is 3.48. The lowest BCUT2D eigenvalue weighted by Crippen LogP contribution is -2.31.